The third kappa shape index (κ3) is 1.98. The number of aromatic nitrogens is 2. The molecule has 0 saturated carbocycles. The van der Waals surface area contributed by atoms with Gasteiger partial charge in [0.2, 0.25) is 5.95 Å². The predicted molar refractivity (Wildman–Crippen MR) is 73.1 cm³/mol. The summed E-state index contributed by atoms with van der Waals surface area (Å²) in [5.74, 6) is -0.537. The van der Waals surface area contributed by atoms with E-state index in [1.807, 2.05) is 0 Å². The van der Waals surface area contributed by atoms with E-state index in [4.69, 9.17) is 5.73 Å². The third-order valence-electron chi connectivity index (χ3n) is 2.79. The number of hydrogen-bond donors (Lipinski definition) is 1. The van der Waals surface area contributed by atoms with Gasteiger partial charge in [0.1, 0.15) is 11.6 Å². The molecule has 3 rings (SSSR count). The van der Waals surface area contributed by atoms with Crippen molar-refractivity contribution in [3.05, 3.63) is 52.5 Å². The molecule has 0 spiro atoms. The summed E-state index contributed by atoms with van der Waals surface area (Å²) in [6.07, 6.45) is 0. The third-order valence-corrected chi connectivity index (χ3v) is 3.43. The Bertz CT molecular complexity index is 783. The Labute approximate surface area is 115 Å². The number of fused-ring (bicyclic) bond motifs is 1. The molecule has 2 N–H and O–H groups in total. The van der Waals surface area contributed by atoms with Crippen molar-refractivity contribution in [1.29, 1.82) is 0 Å². The van der Waals surface area contributed by atoms with Crippen molar-refractivity contribution in [3.63, 3.8) is 0 Å². The number of rotatable bonds is 1. The Balaban J connectivity index is 2.35. The first-order valence-electron chi connectivity index (χ1n) is 5.45. The minimum atomic E-state index is -0.383. The minimum Gasteiger partial charge on any atom is -0.369 e. The van der Waals surface area contributed by atoms with Gasteiger partial charge in [0.25, 0.3) is 0 Å². The maximum absolute atomic E-state index is 13.4. The molecular formula is C13H8BrF2N3. The van der Waals surface area contributed by atoms with Crippen LogP contribution in [-0.4, -0.2) is 9.55 Å². The molecule has 0 atom stereocenters. The lowest BCUT2D eigenvalue weighted by Crippen LogP contribution is -2.01. The maximum Gasteiger partial charge on any atom is 0.205 e. The second-order valence-corrected chi connectivity index (χ2v) is 4.89. The van der Waals surface area contributed by atoms with Gasteiger partial charge in [0, 0.05) is 10.5 Å². The van der Waals surface area contributed by atoms with Crippen molar-refractivity contribution in [2.45, 2.75) is 0 Å². The zero-order valence-electron chi connectivity index (χ0n) is 9.57. The van der Waals surface area contributed by atoms with Crippen LogP contribution in [-0.2, 0) is 0 Å². The summed E-state index contributed by atoms with van der Waals surface area (Å²) in [5.41, 5.74) is 7.57. The van der Waals surface area contributed by atoms with E-state index in [9.17, 15) is 8.78 Å². The van der Waals surface area contributed by atoms with E-state index in [0.29, 0.717) is 21.2 Å². The molecule has 1 heterocycles. The van der Waals surface area contributed by atoms with Crippen molar-refractivity contribution in [1.82, 2.24) is 9.55 Å². The molecule has 96 valence electrons. The van der Waals surface area contributed by atoms with Crippen LogP contribution in [0.2, 0.25) is 0 Å². The lowest BCUT2D eigenvalue weighted by atomic mass is 10.2. The highest BCUT2D eigenvalue weighted by Crippen LogP contribution is 2.29. The van der Waals surface area contributed by atoms with Crippen LogP contribution in [0.1, 0.15) is 0 Å². The smallest absolute Gasteiger partial charge is 0.205 e. The monoisotopic (exact) mass is 323 g/mol. The number of halogens is 3. The van der Waals surface area contributed by atoms with Crippen LogP contribution >= 0.6 is 15.9 Å². The highest BCUT2D eigenvalue weighted by molar-refractivity contribution is 9.10. The summed E-state index contributed by atoms with van der Waals surface area (Å²) >= 11 is 3.27. The number of benzene rings is 2. The number of nitrogens with zero attached hydrogens (tertiary/aromatic N) is 2. The van der Waals surface area contributed by atoms with Crippen LogP contribution in [0, 0.1) is 11.6 Å². The molecule has 0 saturated heterocycles. The van der Waals surface area contributed by atoms with Crippen LogP contribution in [0.25, 0.3) is 16.7 Å². The summed E-state index contributed by atoms with van der Waals surface area (Å²) in [4.78, 5) is 4.15. The fourth-order valence-electron chi connectivity index (χ4n) is 1.98. The molecule has 3 nitrogen and oxygen atoms in total. The van der Waals surface area contributed by atoms with E-state index in [0.717, 1.165) is 0 Å². The molecule has 0 unspecified atom stereocenters. The van der Waals surface area contributed by atoms with Gasteiger partial charge < -0.3 is 5.73 Å². The Morgan fingerprint density at radius 1 is 1.05 bits per heavy atom. The zero-order valence-corrected chi connectivity index (χ0v) is 11.2. The van der Waals surface area contributed by atoms with E-state index in [-0.39, 0.29) is 17.6 Å². The number of nitrogens with two attached hydrogens (primary N) is 1. The molecule has 0 bridgehead atoms. The Kier molecular flexibility index (Phi) is 2.74. The first-order valence-corrected chi connectivity index (χ1v) is 6.24. The van der Waals surface area contributed by atoms with Crippen LogP contribution < -0.4 is 5.73 Å². The summed E-state index contributed by atoms with van der Waals surface area (Å²) in [5, 5.41) is 0. The van der Waals surface area contributed by atoms with Gasteiger partial charge in [-0.1, -0.05) is 0 Å². The normalized spacial score (nSPS) is 11.1. The minimum absolute atomic E-state index is 0.216. The van der Waals surface area contributed by atoms with Gasteiger partial charge in [-0.3, -0.25) is 4.57 Å². The van der Waals surface area contributed by atoms with Crippen molar-refractivity contribution >= 4 is 32.9 Å². The van der Waals surface area contributed by atoms with Crippen molar-refractivity contribution < 1.29 is 8.78 Å². The van der Waals surface area contributed by atoms with E-state index >= 15 is 0 Å². The van der Waals surface area contributed by atoms with Crippen LogP contribution in [0.5, 0.6) is 0 Å². The summed E-state index contributed by atoms with van der Waals surface area (Å²) in [6.45, 7) is 0. The van der Waals surface area contributed by atoms with E-state index in [2.05, 4.69) is 20.9 Å². The molecule has 0 fully saturated rings. The maximum atomic E-state index is 13.4. The number of hydrogen-bond acceptors (Lipinski definition) is 2. The predicted octanol–water partition coefficient (Wildman–Crippen LogP) is 3.65. The van der Waals surface area contributed by atoms with Crippen molar-refractivity contribution in [3.8, 4) is 5.69 Å². The quantitative estimate of drug-likeness (QED) is 0.742. The highest BCUT2D eigenvalue weighted by atomic mass is 79.9. The molecule has 0 aliphatic heterocycles. The molecule has 0 aliphatic rings. The first-order chi connectivity index (χ1) is 9.06. The van der Waals surface area contributed by atoms with Gasteiger partial charge in [-0.2, -0.15) is 0 Å². The van der Waals surface area contributed by atoms with E-state index in [1.54, 1.807) is 16.7 Å². The average molecular weight is 324 g/mol. The van der Waals surface area contributed by atoms with Crippen molar-refractivity contribution in [2.24, 2.45) is 0 Å². The SMILES string of the molecule is Nc1nc2ccc(F)cc2n1-c1ccc(F)cc1Br. The average Bonchev–Trinajstić information content (AvgIpc) is 2.65. The Morgan fingerprint density at radius 2 is 1.74 bits per heavy atom. The molecule has 2 aromatic carbocycles. The number of nitrogen functional groups attached to an aromatic ring is 1. The lowest BCUT2D eigenvalue weighted by molar-refractivity contribution is 0.626. The lowest BCUT2D eigenvalue weighted by Gasteiger charge is -2.09. The molecule has 3 aromatic rings. The second-order valence-electron chi connectivity index (χ2n) is 4.03. The summed E-state index contributed by atoms with van der Waals surface area (Å²) in [7, 11) is 0. The Morgan fingerprint density at radius 3 is 2.47 bits per heavy atom. The van der Waals surface area contributed by atoms with Gasteiger partial charge in [-0.05, 0) is 46.3 Å². The number of anilines is 1. The van der Waals surface area contributed by atoms with Gasteiger partial charge in [-0.15, -0.1) is 0 Å². The molecule has 0 radical (unpaired) electrons. The highest BCUT2D eigenvalue weighted by Gasteiger charge is 2.13. The topological polar surface area (TPSA) is 43.8 Å². The standard InChI is InChI=1S/C13H8BrF2N3/c14-9-5-7(15)2-4-11(9)19-12-6-8(16)1-3-10(12)18-13(19)17/h1-6H,(H2,17,18). The summed E-state index contributed by atoms with van der Waals surface area (Å²) in [6, 6.07) is 8.40. The van der Waals surface area contributed by atoms with Gasteiger partial charge >= 0.3 is 0 Å². The molecule has 6 heteroatoms. The van der Waals surface area contributed by atoms with Crippen LogP contribution in [0.15, 0.2) is 40.9 Å². The van der Waals surface area contributed by atoms with Gasteiger partial charge in [0.15, 0.2) is 0 Å². The molecule has 19 heavy (non-hydrogen) atoms. The molecule has 0 amide bonds. The second kappa shape index (κ2) is 4.31. The molecule has 1 aromatic heterocycles. The number of imidazole rings is 1. The fourth-order valence-corrected chi connectivity index (χ4v) is 2.51. The Hall–Kier alpha value is -1.95. The van der Waals surface area contributed by atoms with Gasteiger partial charge in [-0.25, -0.2) is 13.8 Å². The zero-order chi connectivity index (χ0) is 13.6. The first kappa shape index (κ1) is 12.1. The van der Waals surface area contributed by atoms with Crippen LogP contribution in [0.3, 0.4) is 0 Å². The molecular weight excluding hydrogens is 316 g/mol. The van der Waals surface area contributed by atoms with E-state index in [1.165, 1.54) is 24.3 Å². The largest absolute Gasteiger partial charge is 0.369 e. The van der Waals surface area contributed by atoms with Crippen molar-refractivity contribution in [2.75, 3.05) is 5.73 Å². The molecule has 0 aliphatic carbocycles. The summed E-state index contributed by atoms with van der Waals surface area (Å²) < 4.78 is 28.6. The van der Waals surface area contributed by atoms with Gasteiger partial charge in [0.05, 0.1) is 16.7 Å². The van der Waals surface area contributed by atoms with E-state index < -0.39 is 0 Å². The fraction of sp³-hybridized carbons (Fsp3) is 0. The van der Waals surface area contributed by atoms with Crippen LogP contribution in [0.4, 0.5) is 14.7 Å².